The molecule has 0 aliphatic rings. The number of anilines is 3. The van der Waals surface area contributed by atoms with E-state index in [0.717, 1.165) is 11.3 Å². The van der Waals surface area contributed by atoms with Crippen molar-refractivity contribution >= 4 is 28.6 Å². The molecule has 0 amide bonds. The van der Waals surface area contributed by atoms with Gasteiger partial charge in [0.15, 0.2) is 17.0 Å². The first-order valence-corrected chi connectivity index (χ1v) is 10.5. The molecule has 2 N–H and O–H groups in total. The standard InChI is InChI=1S/C23H23F3N6O2/c1-14(2)32-13-28-19-20(27-12-15-4-8-17(33-3)9-5-15)30-22(31-21(19)32)29-16-6-10-18(11-7-16)34-23(24,25)26/h4-11,13-14H,12H2,1-3H3,(H2,27,29,30,31). The summed E-state index contributed by atoms with van der Waals surface area (Å²) in [5.74, 6) is 1.26. The van der Waals surface area contributed by atoms with Crippen molar-refractivity contribution in [3.05, 3.63) is 60.4 Å². The maximum Gasteiger partial charge on any atom is 0.573 e. The molecule has 0 atom stereocenters. The number of fused-ring (bicyclic) bond motifs is 1. The van der Waals surface area contributed by atoms with E-state index < -0.39 is 6.36 Å². The lowest BCUT2D eigenvalue weighted by molar-refractivity contribution is -0.274. The molecule has 34 heavy (non-hydrogen) atoms. The van der Waals surface area contributed by atoms with Crippen LogP contribution in [0, 0.1) is 0 Å². The summed E-state index contributed by atoms with van der Waals surface area (Å²) in [4.78, 5) is 13.6. The number of imidazole rings is 1. The van der Waals surface area contributed by atoms with E-state index in [1.54, 1.807) is 13.4 Å². The molecule has 0 unspecified atom stereocenters. The molecule has 0 saturated carbocycles. The number of ether oxygens (including phenoxy) is 2. The van der Waals surface area contributed by atoms with Crippen LogP contribution >= 0.6 is 0 Å². The zero-order valence-electron chi connectivity index (χ0n) is 18.7. The van der Waals surface area contributed by atoms with Gasteiger partial charge in [-0.2, -0.15) is 9.97 Å². The molecule has 2 aromatic carbocycles. The molecule has 0 spiro atoms. The number of alkyl halides is 3. The second-order valence-corrected chi connectivity index (χ2v) is 7.71. The molecule has 178 valence electrons. The zero-order valence-corrected chi connectivity index (χ0v) is 18.7. The predicted molar refractivity (Wildman–Crippen MR) is 122 cm³/mol. The Balaban J connectivity index is 1.60. The summed E-state index contributed by atoms with van der Waals surface area (Å²) < 4.78 is 48.2. The molecule has 0 aliphatic heterocycles. The molecule has 11 heteroatoms. The van der Waals surface area contributed by atoms with E-state index in [-0.39, 0.29) is 17.7 Å². The lowest BCUT2D eigenvalue weighted by Crippen LogP contribution is -2.17. The number of hydrogen-bond donors (Lipinski definition) is 2. The molecule has 2 heterocycles. The van der Waals surface area contributed by atoms with Crippen LogP contribution in [0.1, 0.15) is 25.5 Å². The minimum absolute atomic E-state index is 0.112. The van der Waals surface area contributed by atoms with Gasteiger partial charge in [-0.1, -0.05) is 12.1 Å². The molecule has 0 fully saturated rings. The van der Waals surface area contributed by atoms with Crippen molar-refractivity contribution in [2.75, 3.05) is 17.7 Å². The summed E-state index contributed by atoms with van der Waals surface area (Å²) in [5.41, 5.74) is 2.76. The summed E-state index contributed by atoms with van der Waals surface area (Å²) in [6.45, 7) is 4.52. The molecule has 0 saturated heterocycles. The van der Waals surface area contributed by atoms with Gasteiger partial charge in [0.25, 0.3) is 0 Å². The maximum atomic E-state index is 12.4. The Hall–Kier alpha value is -4.02. The first-order chi connectivity index (χ1) is 16.2. The number of halogens is 3. The molecule has 8 nitrogen and oxygen atoms in total. The van der Waals surface area contributed by atoms with Gasteiger partial charge in [-0.15, -0.1) is 13.2 Å². The van der Waals surface area contributed by atoms with E-state index in [4.69, 9.17) is 4.74 Å². The average molecular weight is 472 g/mol. The summed E-state index contributed by atoms with van der Waals surface area (Å²) in [7, 11) is 1.61. The second-order valence-electron chi connectivity index (χ2n) is 7.71. The largest absolute Gasteiger partial charge is 0.573 e. The van der Waals surface area contributed by atoms with Crippen LogP contribution in [0.5, 0.6) is 11.5 Å². The number of methoxy groups -OCH3 is 1. The molecule has 0 radical (unpaired) electrons. The van der Waals surface area contributed by atoms with Crippen molar-refractivity contribution in [1.29, 1.82) is 0 Å². The number of nitrogens with one attached hydrogen (secondary N) is 2. The SMILES string of the molecule is COc1ccc(CNc2nc(Nc3ccc(OC(F)(F)F)cc3)nc3c2ncn3C(C)C)cc1. The highest BCUT2D eigenvalue weighted by Crippen LogP contribution is 2.27. The fourth-order valence-corrected chi connectivity index (χ4v) is 3.27. The van der Waals surface area contributed by atoms with Gasteiger partial charge in [-0.3, -0.25) is 0 Å². The summed E-state index contributed by atoms with van der Waals surface area (Å²) in [5, 5.41) is 6.34. The van der Waals surface area contributed by atoms with Gasteiger partial charge in [-0.05, 0) is 55.8 Å². The topological polar surface area (TPSA) is 86.1 Å². The monoisotopic (exact) mass is 472 g/mol. The summed E-state index contributed by atoms with van der Waals surface area (Å²) in [6, 6.07) is 13.1. The number of hydrogen-bond acceptors (Lipinski definition) is 7. The Morgan fingerprint density at radius 1 is 0.971 bits per heavy atom. The van der Waals surface area contributed by atoms with Crippen LogP contribution in [-0.4, -0.2) is 33.0 Å². The van der Waals surface area contributed by atoms with Crippen LogP contribution in [0.3, 0.4) is 0 Å². The lowest BCUT2D eigenvalue weighted by Gasteiger charge is -2.13. The van der Waals surface area contributed by atoms with E-state index >= 15 is 0 Å². The van der Waals surface area contributed by atoms with Crippen LogP contribution in [0.25, 0.3) is 11.2 Å². The molecular formula is C23H23F3N6O2. The van der Waals surface area contributed by atoms with Gasteiger partial charge in [0.05, 0.1) is 13.4 Å². The first kappa shape index (κ1) is 23.1. The third-order valence-corrected chi connectivity index (χ3v) is 4.94. The van der Waals surface area contributed by atoms with E-state index in [1.165, 1.54) is 24.3 Å². The van der Waals surface area contributed by atoms with Crippen molar-refractivity contribution < 1.29 is 22.6 Å². The van der Waals surface area contributed by atoms with E-state index in [9.17, 15) is 13.2 Å². The number of aromatic nitrogens is 4. The summed E-state index contributed by atoms with van der Waals surface area (Å²) >= 11 is 0. The van der Waals surface area contributed by atoms with Crippen molar-refractivity contribution in [3.63, 3.8) is 0 Å². The van der Waals surface area contributed by atoms with E-state index in [1.807, 2.05) is 42.7 Å². The van der Waals surface area contributed by atoms with Crippen LogP contribution in [0.2, 0.25) is 0 Å². The highest BCUT2D eigenvalue weighted by Gasteiger charge is 2.31. The third-order valence-electron chi connectivity index (χ3n) is 4.94. The number of nitrogens with zero attached hydrogens (tertiary/aromatic N) is 4. The average Bonchev–Trinajstić information content (AvgIpc) is 3.23. The van der Waals surface area contributed by atoms with Gasteiger partial charge in [0, 0.05) is 18.3 Å². The van der Waals surface area contributed by atoms with Crippen LogP contribution in [-0.2, 0) is 6.54 Å². The maximum absolute atomic E-state index is 12.4. The van der Waals surface area contributed by atoms with Gasteiger partial charge in [0.1, 0.15) is 11.5 Å². The van der Waals surface area contributed by atoms with Gasteiger partial charge >= 0.3 is 6.36 Å². The third kappa shape index (κ3) is 5.48. The molecule has 4 aromatic rings. The minimum atomic E-state index is -4.75. The van der Waals surface area contributed by atoms with Gasteiger partial charge in [0.2, 0.25) is 5.95 Å². The van der Waals surface area contributed by atoms with Crippen LogP contribution in [0.15, 0.2) is 54.9 Å². The smallest absolute Gasteiger partial charge is 0.497 e. The molecular weight excluding hydrogens is 449 g/mol. The Kier molecular flexibility index (Phi) is 6.44. The first-order valence-electron chi connectivity index (χ1n) is 10.5. The Morgan fingerprint density at radius 3 is 2.26 bits per heavy atom. The molecule has 0 bridgehead atoms. The number of rotatable bonds is 8. The normalized spacial score (nSPS) is 11.6. The Labute approximate surface area is 193 Å². The Bertz CT molecular complexity index is 1250. The lowest BCUT2D eigenvalue weighted by atomic mass is 10.2. The number of benzene rings is 2. The zero-order chi connectivity index (χ0) is 24.3. The van der Waals surface area contributed by atoms with Crippen LogP contribution in [0.4, 0.5) is 30.6 Å². The fourth-order valence-electron chi connectivity index (χ4n) is 3.27. The molecule has 2 aromatic heterocycles. The Morgan fingerprint density at radius 2 is 1.65 bits per heavy atom. The van der Waals surface area contributed by atoms with Crippen molar-refractivity contribution in [2.45, 2.75) is 32.8 Å². The fraction of sp³-hybridized carbons (Fsp3) is 0.261. The quantitative estimate of drug-likeness (QED) is 0.342. The second kappa shape index (κ2) is 9.46. The van der Waals surface area contributed by atoms with E-state index in [0.29, 0.717) is 29.2 Å². The van der Waals surface area contributed by atoms with Gasteiger partial charge in [-0.25, -0.2) is 4.98 Å². The molecule has 0 aliphatic carbocycles. The minimum Gasteiger partial charge on any atom is -0.497 e. The highest BCUT2D eigenvalue weighted by atomic mass is 19.4. The predicted octanol–water partition coefficient (Wildman–Crippen LogP) is 5.67. The van der Waals surface area contributed by atoms with Crippen LogP contribution < -0.4 is 20.1 Å². The van der Waals surface area contributed by atoms with Crippen molar-refractivity contribution in [3.8, 4) is 11.5 Å². The van der Waals surface area contributed by atoms with Crippen molar-refractivity contribution in [2.24, 2.45) is 0 Å². The summed E-state index contributed by atoms with van der Waals surface area (Å²) in [6.07, 6.45) is -3.04. The van der Waals surface area contributed by atoms with Gasteiger partial charge < -0.3 is 24.7 Å². The molecule has 4 rings (SSSR count). The highest BCUT2D eigenvalue weighted by molar-refractivity contribution is 5.84. The van der Waals surface area contributed by atoms with E-state index in [2.05, 4.69) is 30.3 Å². The van der Waals surface area contributed by atoms with Crippen molar-refractivity contribution in [1.82, 2.24) is 19.5 Å².